The van der Waals surface area contributed by atoms with Crippen molar-refractivity contribution in [2.75, 3.05) is 0 Å². The molecule has 0 aliphatic carbocycles. The Morgan fingerprint density at radius 3 is 2.31 bits per heavy atom. The summed E-state index contributed by atoms with van der Waals surface area (Å²) in [7, 11) is 0. The molecule has 0 fully saturated rings. The third-order valence-corrected chi connectivity index (χ3v) is 1.78. The molecule has 0 aliphatic rings. The average Bonchev–Trinajstić information content (AvgIpc) is 2.05. The standard InChI is InChI=1S/C7H7Br.C3H6O2/c1-6-3-2-4-7(8)5-6;1-2-3(4)5/h2-5H,1H3;2H2,1H3,(H,4,5). The Morgan fingerprint density at radius 1 is 1.54 bits per heavy atom. The molecule has 0 atom stereocenters. The molecule has 1 aromatic rings. The molecule has 0 saturated heterocycles. The highest BCUT2D eigenvalue weighted by molar-refractivity contribution is 9.10. The van der Waals surface area contributed by atoms with Gasteiger partial charge in [0, 0.05) is 10.9 Å². The highest BCUT2D eigenvalue weighted by atomic mass is 79.9. The Labute approximate surface area is 86.7 Å². The van der Waals surface area contributed by atoms with Crippen molar-refractivity contribution in [2.45, 2.75) is 20.3 Å². The second-order valence-corrected chi connectivity index (χ2v) is 3.46. The molecule has 0 aliphatic heterocycles. The second kappa shape index (κ2) is 6.66. The zero-order chi connectivity index (χ0) is 10.3. The van der Waals surface area contributed by atoms with Crippen LogP contribution < -0.4 is 0 Å². The van der Waals surface area contributed by atoms with Gasteiger partial charge >= 0.3 is 5.97 Å². The summed E-state index contributed by atoms with van der Waals surface area (Å²) >= 11 is 3.36. The Kier molecular flexibility index (Phi) is 6.24. The summed E-state index contributed by atoms with van der Waals surface area (Å²) < 4.78 is 1.15. The monoisotopic (exact) mass is 244 g/mol. The number of hydrogen-bond acceptors (Lipinski definition) is 1. The third kappa shape index (κ3) is 7.53. The zero-order valence-corrected chi connectivity index (χ0v) is 9.34. The molecule has 1 rings (SSSR count). The lowest BCUT2D eigenvalue weighted by atomic mass is 10.2. The largest absolute Gasteiger partial charge is 0.481 e. The van der Waals surface area contributed by atoms with E-state index in [1.807, 2.05) is 12.1 Å². The molecule has 0 aromatic heterocycles. The number of carbonyl (C=O) groups is 1. The first kappa shape index (κ1) is 12.2. The molecule has 0 saturated carbocycles. The quantitative estimate of drug-likeness (QED) is 0.824. The highest BCUT2D eigenvalue weighted by Crippen LogP contribution is 2.09. The van der Waals surface area contributed by atoms with Crippen LogP contribution in [0.5, 0.6) is 0 Å². The first-order chi connectivity index (χ1) is 6.06. The topological polar surface area (TPSA) is 37.3 Å². The Hall–Kier alpha value is -0.830. The summed E-state index contributed by atoms with van der Waals surface area (Å²) in [6, 6.07) is 8.21. The predicted octanol–water partition coefficient (Wildman–Crippen LogP) is 3.24. The smallest absolute Gasteiger partial charge is 0.303 e. The van der Waals surface area contributed by atoms with Gasteiger partial charge < -0.3 is 5.11 Å². The van der Waals surface area contributed by atoms with Gasteiger partial charge in [-0.3, -0.25) is 4.79 Å². The van der Waals surface area contributed by atoms with E-state index in [2.05, 4.69) is 35.0 Å². The highest BCUT2D eigenvalue weighted by Gasteiger charge is 1.82. The van der Waals surface area contributed by atoms with Crippen molar-refractivity contribution < 1.29 is 9.90 Å². The van der Waals surface area contributed by atoms with Gasteiger partial charge in [-0.15, -0.1) is 0 Å². The number of aryl methyl sites for hydroxylation is 1. The van der Waals surface area contributed by atoms with E-state index in [0.29, 0.717) is 0 Å². The van der Waals surface area contributed by atoms with Gasteiger partial charge in [-0.05, 0) is 19.1 Å². The molecule has 0 radical (unpaired) electrons. The van der Waals surface area contributed by atoms with E-state index in [4.69, 9.17) is 5.11 Å². The maximum absolute atomic E-state index is 9.37. The molecule has 0 amide bonds. The van der Waals surface area contributed by atoms with E-state index in [-0.39, 0.29) is 6.42 Å². The molecule has 0 spiro atoms. The number of aliphatic carboxylic acids is 1. The summed E-state index contributed by atoms with van der Waals surface area (Å²) in [6.07, 6.45) is 0.222. The van der Waals surface area contributed by atoms with Crippen LogP contribution in [-0.2, 0) is 4.79 Å². The van der Waals surface area contributed by atoms with Crippen molar-refractivity contribution in [3.8, 4) is 0 Å². The van der Waals surface area contributed by atoms with Crippen LogP contribution >= 0.6 is 15.9 Å². The van der Waals surface area contributed by atoms with E-state index in [1.165, 1.54) is 5.56 Å². The summed E-state index contributed by atoms with van der Waals surface area (Å²) in [5.41, 5.74) is 1.29. The second-order valence-electron chi connectivity index (χ2n) is 2.55. The zero-order valence-electron chi connectivity index (χ0n) is 7.75. The predicted molar refractivity (Wildman–Crippen MR) is 56.8 cm³/mol. The van der Waals surface area contributed by atoms with Crippen LogP contribution in [0.15, 0.2) is 28.7 Å². The minimum absolute atomic E-state index is 0.222. The molecule has 2 nitrogen and oxygen atoms in total. The van der Waals surface area contributed by atoms with Crippen molar-refractivity contribution in [3.05, 3.63) is 34.3 Å². The minimum Gasteiger partial charge on any atom is -0.481 e. The molecule has 0 bridgehead atoms. The number of benzene rings is 1. The maximum Gasteiger partial charge on any atom is 0.303 e. The van der Waals surface area contributed by atoms with Gasteiger partial charge in [-0.1, -0.05) is 40.5 Å². The fourth-order valence-electron chi connectivity index (χ4n) is 0.606. The molecule has 0 heterocycles. The Morgan fingerprint density at radius 2 is 2.08 bits per heavy atom. The number of carboxylic acid groups (broad SMARTS) is 1. The van der Waals surface area contributed by atoms with Crippen molar-refractivity contribution in [3.63, 3.8) is 0 Å². The lowest BCUT2D eigenvalue weighted by Crippen LogP contribution is -1.86. The fraction of sp³-hybridized carbons (Fsp3) is 0.300. The van der Waals surface area contributed by atoms with Crippen molar-refractivity contribution in [2.24, 2.45) is 0 Å². The molecular formula is C10H13BrO2. The fourth-order valence-corrected chi connectivity index (χ4v) is 1.12. The third-order valence-electron chi connectivity index (χ3n) is 1.28. The van der Waals surface area contributed by atoms with Crippen LogP contribution in [0.4, 0.5) is 0 Å². The van der Waals surface area contributed by atoms with Crippen molar-refractivity contribution >= 4 is 21.9 Å². The van der Waals surface area contributed by atoms with Crippen LogP contribution in [0, 0.1) is 6.92 Å². The van der Waals surface area contributed by atoms with Crippen LogP contribution in [0.3, 0.4) is 0 Å². The van der Waals surface area contributed by atoms with Crippen LogP contribution in [0.2, 0.25) is 0 Å². The van der Waals surface area contributed by atoms with Crippen molar-refractivity contribution in [1.82, 2.24) is 0 Å². The molecule has 1 N–H and O–H groups in total. The summed E-state index contributed by atoms with van der Waals surface area (Å²) in [6.45, 7) is 3.67. The first-order valence-electron chi connectivity index (χ1n) is 4.00. The number of carboxylic acids is 1. The van der Waals surface area contributed by atoms with Crippen LogP contribution in [0.25, 0.3) is 0 Å². The van der Waals surface area contributed by atoms with Crippen LogP contribution in [0.1, 0.15) is 18.9 Å². The van der Waals surface area contributed by atoms with E-state index in [9.17, 15) is 4.79 Å². The lowest BCUT2D eigenvalue weighted by Gasteiger charge is -1.89. The summed E-state index contributed by atoms with van der Waals surface area (Å²) in [5.74, 6) is -0.745. The SMILES string of the molecule is CCC(=O)O.Cc1cccc(Br)c1. The first-order valence-corrected chi connectivity index (χ1v) is 4.79. The van der Waals surface area contributed by atoms with Crippen LogP contribution in [-0.4, -0.2) is 11.1 Å². The minimum atomic E-state index is -0.745. The molecule has 1 aromatic carbocycles. The molecule has 0 unspecified atom stereocenters. The molecule has 13 heavy (non-hydrogen) atoms. The molecule has 3 heteroatoms. The Bertz CT molecular complexity index is 254. The van der Waals surface area contributed by atoms with Gasteiger partial charge in [0.1, 0.15) is 0 Å². The van der Waals surface area contributed by atoms with Gasteiger partial charge in [-0.2, -0.15) is 0 Å². The van der Waals surface area contributed by atoms with Gasteiger partial charge in [0.25, 0.3) is 0 Å². The van der Waals surface area contributed by atoms with Gasteiger partial charge in [0.2, 0.25) is 0 Å². The van der Waals surface area contributed by atoms with E-state index < -0.39 is 5.97 Å². The van der Waals surface area contributed by atoms with Crippen molar-refractivity contribution in [1.29, 1.82) is 0 Å². The molecule has 72 valence electrons. The lowest BCUT2D eigenvalue weighted by molar-refractivity contribution is -0.136. The van der Waals surface area contributed by atoms with Gasteiger partial charge in [-0.25, -0.2) is 0 Å². The van der Waals surface area contributed by atoms with E-state index in [1.54, 1.807) is 6.92 Å². The normalized spacial score (nSPS) is 8.54. The van der Waals surface area contributed by atoms with Gasteiger partial charge in [0.15, 0.2) is 0 Å². The molecular weight excluding hydrogens is 232 g/mol. The maximum atomic E-state index is 9.37. The summed E-state index contributed by atoms with van der Waals surface area (Å²) in [4.78, 5) is 9.37. The number of hydrogen-bond donors (Lipinski definition) is 1. The van der Waals surface area contributed by atoms with E-state index in [0.717, 1.165) is 4.47 Å². The number of halogens is 1. The Balaban J connectivity index is 0.000000252. The summed E-state index contributed by atoms with van der Waals surface area (Å²) in [5, 5.41) is 7.72. The average molecular weight is 245 g/mol. The van der Waals surface area contributed by atoms with E-state index >= 15 is 0 Å². The van der Waals surface area contributed by atoms with Gasteiger partial charge in [0.05, 0.1) is 0 Å². The number of rotatable bonds is 1.